The zero-order valence-electron chi connectivity index (χ0n) is 18.3. The first kappa shape index (κ1) is 21.5. The number of hydrogen-bond acceptors (Lipinski definition) is 1. The highest BCUT2D eigenvalue weighted by Gasteiger charge is 2.07. The summed E-state index contributed by atoms with van der Waals surface area (Å²) in [5.41, 5.74) is 7.34. The summed E-state index contributed by atoms with van der Waals surface area (Å²) in [4.78, 5) is 0. The van der Waals surface area contributed by atoms with E-state index in [4.69, 9.17) is 5.26 Å². The third kappa shape index (κ3) is 5.31. The highest BCUT2D eigenvalue weighted by molar-refractivity contribution is 5.64. The van der Waals surface area contributed by atoms with Crippen molar-refractivity contribution in [2.45, 2.75) is 32.1 Å². The molecule has 0 radical (unpaired) electrons. The average molecular weight is 420 g/mol. The van der Waals surface area contributed by atoms with Crippen molar-refractivity contribution >= 4 is 0 Å². The van der Waals surface area contributed by atoms with Gasteiger partial charge in [0.25, 0.3) is 0 Å². The molecule has 2 heteroatoms. The molecule has 0 saturated carbocycles. The van der Waals surface area contributed by atoms with Crippen molar-refractivity contribution < 1.29 is 4.39 Å². The molecule has 1 unspecified atom stereocenters. The lowest BCUT2D eigenvalue weighted by molar-refractivity contribution is 0.621. The topological polar surface area (TPSA) is 23.8 Å². The van der Waals surface area contributed by atoms with Gasteiger partial charge in [-0.25, -0.2) is 4.39 Å². The fourth-order valence-electron chi connectivity index (χ4n) is 4.04. The van der Waals surface area contributed by atoms with Gasteiger partial charge in [0.2, 0.25) is 0 Å². The summed E-state index contributed by atoms with van der Waals surface area (Å²) in [6.07, 6.45) is 2.61. The van der Waals surface area contributed by atoms with E-state index in [0.29, 0.717) is 5.92 Å². The molecule has 0 aromatic heterocycles. The molecule has 0 spiro atoms. The zero-order chi connectivity index (χ0) is 22.3. The Morgan fingerprint density at radius 1 is 0.719 bits per heavy atom. The largest absolute Gasteiger partial charge is 0.206 e. The van der Waals surface area contributed by atoms with Crippen LogP contribution in [-0.4, -0.2) is 0 Å². The van der Waals surface area contributed by atoms with E-state index in [1.54, 1.807) is 6.07 Å². The highest BCUT2D eigenvalue weighted by Crippen LogP contribution is 2.24. The van der Waals surface area contributed by atoms with Crippen LogP contribution in [0.25, 0.3) is 11.1 Å². The standard InChI is InChI=1S/C30H26FN/c1-22(26-5-3-2-4-6-26)19-24-11-16-28(17-12-24)27-14-9-23(10-15-27)7-8-25-13-18-29(21-32)30(31)20-25/h2-6,9-18,20,22H,7-8,19H2,1H3. The van der Waals surface area contributed by atoms with Gasteiger partial charge in [0.05, 0.1) is 5.56 Å². The van der Waals surface area contributed by atoms with Gasteiger partial charge in [-0.1, -0.05) is 91.9 Å². The van der Waals surface area contributed by atoms with Gasteiger partial charge >= 0.3 is 0 Å². The number of aryl methyl sites for hydroxylation is 2. The SMILES string of the molecule is CC(Cc1ccc(-c2ccc(CCc3ccc(C#N)c(F)c3)cc2)cc1)c1ccccc1. The number of nitrogens with zero attached hydrogens (tertiary/aromatic N) is 1. The van der Waals surface area contributed by atoms with Crippen molar-refractivity contribution in [3.8, 4) is 17.2 Å². The maximum atomic E-state index is 13.8. The minimum absolute atomic E-state index is 0.0960. The van der Waals surface area contributed by atoms with Gasteiger partial charge in [0.15, 0.2) is 0 Å². The quantitative estimate of drug-likeness (QED) is 0.304. The first-order chi connectivity index (χ1) is 15.6. The molecule has 0 aliphatic rings. The molecular weight excluding hydrogens is 393 g/mol. The molecule has 32 heavy (non-hydrogen) atoms. The lowest BCUT2D eigenvalue weighted by Crippen LogP contribution is -1.98. The first-order valence-corrected chi connectivity index (χ1v) is 11.0. The van der Waals surface area contributed by atoms with Crippen LogP contribution in [0.2, 0.25) is 0 Å². The molecule has 0 amide bonds. The lowest BCUT2D eigenvalue weighted by atomic mass is 9.92. The molecule has 0 heterocycles. The lowest BCUT2D eigenvalue weighted by Gasteiger charge is -2.12. The minimum Gasteiger partial charge on any atom is -0.206 e. The number of hydrogen-bond donors (Lipinski definition) is 0. The molecule has 0 aliphatic heterocycles. The van der Waals surface area contributed by atoms with Crippen LogP contribution in [0.3, 0.4) is 0 Å². The third-order valence-electron chi connectivity index (χ3n) is 6.01. The van der Waals surface area contributed by atoms with Gasteiger partial charge in [0.1, 0.15) is 11.9 Å². The third-order valence-corrected chi connectivity index (χ3v) is 6.01. The molecule has 4 rings (SSSR count). The Hall–Kier alpha value is -3.70. The van der Waals surface area contributed by atoms with E-state index in [9.17, 15) is 4.39 Å². The number of benzene rings is 4. The van der Waals surface area contributed by atoms with Crippen molar-refractivity contribution in [3.63, 3.8) is 0 Å². The molecule has 0 bridgehead atoms. The van der Waals surface area contributed by atoms with Gasteiger partial charge in [-0.15, -0.1) is 0 Å². The summed E-state index contributed by atoms with van der Waals surface area (Å²) in [7, 11) is 0. The van der Waals surface area contributed by atoms with Crippen LogP contribution in [0, 0.1) is 17.1 Å². The Morgan fingerprint density at radius 3 is 1.88 bits per heavy atom. The van der Waals surface area contributed by atoms with Gasteiger partial charge in [-0.2, -0.15) is 5.26 Å². The van der Waals surface area contributed by atoms with E-state index < -0.39 is 5.82 Å². The van der Waals surface area contributed by atoms with E-state index in [0.717, 1.165) is 24.8 Å². The van der Waals surface area contributed by atoms with E-state index in [1.165, 1.54) is 33.9 Å². The Morgan fingerprint density at radius 2 is 1.28 bits per heavy atom. The number of nitriles is 1. The molecule has 1 nitrogen and oxygen atoms in total. The summed E-state index contributed by atoms with van der Waals surface area (Å²) in [5.74, 6) is 0.0490. The van der Waals surface area contributed by atoms with E-state index in [-0.39, 0.29) is 5.56 Å². The van der Waals surface area contributed by atoms with Gasteiger partial charge in [-0.05, 0) is 70.7 Å². The monoisotopic (exact) mass is 419 g/mol. The first-order valence-electron chi connectivity index (χ1n) is 11.0. The van der Waals surface area contributed by atoms with Crippen LogP contribution in [0.4, 0.5) is 4.39 Å². The van der Waals surface area contributed by atoms with Crippen LogP contribution >= 0.6 is 0 Å². The van der Waals surface area contributed by atoms with Gasteiger partial charge in [-0.3, -0.25) is 0 Å². The molecule has 0 N–H and O–H groups in total. The van der Waals surface area contributed by atoms with Crippen molar-refractivity contribution in [1.82, 2.24) is 0 Å². The highest BCUT2D eigenvalue weighted by atomic mass is 19.1. The predicted octanol–water partition coefficient (Wildman–Crippen LogP) is 7.50. The Kier molecular flexibility index (Phi) is 6.78. The molecule has 158 valence electrons. The number of halogens is 1. The van der Waals surface area contributed by atoms with Crippen LogP contribution in [0.1, 0.15) is 40.7 Å². The fourth-order valence-corrected chi connectivity index (χ4v) is 4.04. The maximum absolute atomic E-state index is 13.8. The van der Waals surface area contributed by atoms with Crippen LogP contribution in [0.15, 0.2) is 97.1 Å². The number of rotatable bonds is 7. The summed E-state index contributed by atoms with van der Waals surface area (Å²) in [6.45, 7) is 2.27. The normalized spacial score (nSPS) is 11.7. The van der Waals surface area contributed by atoms with Crippen LogP contribution < -0.4 is 0 Å². The summed E-state index contributed by atoms with van der Waals surface area (Å²) in [6, 6.07) is 34.8. The molecule has 1 atom stereocenters. The predicted molar refractivity (Wildman–Crippen MR) is 129 cm³/mol. The van der Waals surface area contributed by atoms with E-state index in [2.05, 4.69) is 85.8 Å². The zero-order valence-corrected chi connectivity index (χ0v) is 18.3. The molecule has 4 aromatic carbocycles. The molecule has 0 saturated heterocycles. The fraction of sp³-hybridized carbons (Fsp3) is 0.167. The second-order valence-electron chi connectivity index (χ2n) is 8.34. The van der Waals surface area contributed by atoms with Gasteiger partial charge < -0.3 is 0 Å². The Labute approximate surface area is 189 Å². The van der Waals surface area contributed by atoms with E-state index in [1.807, 2.05) is 12.1 Å². The Balaban J connectivity index is 1.36. The minimum atomic E-state index is -0.443. The van der Waals surface area contributed by atoms with Crippen molar-refractivity contribution in [1.29, 1.82) is 5.26 Å². The second-order valence-corrected chi connectivity index (χ2v) is 8.34. The van der Waals surface area contributed by atoms with Crippen molar-refractivity contribution in [2.75, 3.05) is 0 Å². The smallest absolute Gasteiger partial charge is 0.141 e. The van der Waals surface area contributed by atoms with Gasteiger partial charge in [0, 0.05) is 0 Å². The summed E-state index contributed by atoms with van der Waals surface area (Å²) >= 11 is 0. The average Bonchev–Trinajstić information content (AvgIpc) is 2.84. The Bertz CT molecular complexity index is 1200. The summed E-state index contributed by atoms with van der Waals surface area (Å²) < 4.78 is 13.8. The van der Waals surface area contributed by atoms with Crippen LogP contribution in [0.5, 0.6) is 0 Å². The molecular formula is C30H26FN. The maximum Gasteiger partial charge on any atom is 0.141 e. The van der Waals surface area contributed by atoms with Crippen molar-refractivity contribution in [2.24, 2.45) is 0 Å². The van der Waals surface area contributed by atoms with E-state index >= 15 is 0 Å². The summed E-state index contributed by atoms with van der Waals surface area (Å²) in [5, 5.41) is 8.85. The molecule has 0 aliphatic carbocycles. The van der Waals surface area contributed by atoms with Crippen molar-refractivity contribution in [3.05, 3.63) is 131 Å². The van der Waals surface area contributed by atoms with Crippen LogP contribution in [-0.2, 0) is 19.3 Å². The molecule has 0 fully saturated rings. The second kappa shape index (κ2) is 10.1. The molecule has 4 aromatic rings.